The van der Waals surface area contributed by atoms with Crippen LogP contribution >= 0.6 is 0 Å². The first-order valence-electron chi connectivity index (χ1n) is 9.68. The van der Waals surface area contributed by atoms with Crippen LogP contribution in [-0.2, 0) is 11.3 Å². The molecule has 1 aromatic heterocycles. The number of carbonyl (C=O) groups excluding carboxylic acids is 2. The van der Waals surface area contributed by atoms with E-state index in [0.29, 0.717) is 38.2 Å². The Hall–Kier alpha value is -1.86. The van der Waals surface area contributed by atoms with Gasteiger partial charge in [-0.05, 0) is 58.0 Å². The summed E-state index contributed by atoms with van der Waals surface area (Å²) < 4.78 is 5.82. The summed E-state index contributed by atoms with van der Waals surface area (Å²) in [6, 6.07) is 3.71. The number of likely N-dealkylation sites (N-methyl/N-ethyl adjacent to an activating group) is 1. The Labute approximate surface area is 154 Å². The largest absolute Gasteiger partial charge is 0.455 e. The zero-order valence-corrected chi connectivity index (χ0v) is 15.5. The predicted molar refractivity (Wildman–Crippen MR) is 96.7 cm³/mol. The van der Waals surface area contributed by atoms with Gasteiger partial charge in [-0.15, -0.1) is 0 Å². The van der Waals surface area contributed by atoms with Crippen LogP contribution in [-0.4, -0.2) is 78.4 Å². The fraction of sp³-hybridized carbons (Fsp3) is 0.684. The number of piperidine rings is 1. The van der Waals surface area contributed by atoms with Crippen molar-refractivity contribution in [3.8, 4) is 0 Å². The van der Waals surface area contributed by atoms with E-state index in [1.165, 1.54) is 12.8 Å². The quantitative estimate of drug-likeness (QED) is 0.868. The topological polar surface area (TPSA) is 69.0 Å². The summed E-state index contributed by atoms with van der Waals surface area (Å²) in [7, 11) is 2.01. The molecule has 0 unspecified atom stereocenters. The highest BCUT2D eigenvalue weighted by Gasteiger charge is 2.47. The Morgan fingerprint density at radius 2 is 1.88 bits per heavy atom. The van der Waals surface area contributed by atoms with E-state index >= 15 is 0 Å². The lowest BCUT2D eigenvalue weighted by Crippen LogP contribution is -2.67. The Morgan fingerprint density at radius 1 is 1.15 bits per heavy atom. The van der Waals surface area contributed by atoms with E-state index in [0.717, 1.165) is 31.9 Å². The Balaban J connectivity index is 1.37. The third kappa shape index (κ3) is 3.14. The second kappa shape index (κ2) is 7.04. The molecule has 1 aromatic rings. The third-order valence-electron chi connectivity index (χ3n) is 6.21. The van der Waals surface area contributed by atoms with Crippen LogP contribution in [0.1, 0.15) is 42.0 Å². The van der Waals surface area contributed by atoms with Crippen LogP contribution in [0.25, 0.3) is 0 Å². The van der Waals surface area contributed by atoms with Gasteiger partial charge in [0.05, 0.1) is 6.54 Å². The maximum absolute atomic E-state index is 12.8. The van der Waals surface area contributed by atoms with Gasteiger partial charge in [0.2, 0.25) is 5.91 Å². The summed E-state index contributed by atoms with van der Waals surface area (Å²) in [6.07, 6.45) is 3.82. The molecule has 3 aliphatic rings. The second-order valence-electron chi connectivity index (χ2n) is 7.75. The molecule has 0 aromatic carbocycles. The van der Waals surface area contributed by atoms with E-state index in [-0.39, 0.29) is 11.8 Å². The van der Waals surface area contributed by atoms with Crippen LogP contribution in [0, 0.1) is 0 Å². The van der Waals surface area contributed by atoms with Gasteiger partial charge >= 0.3 is 0 Å². The molecule has 0 bridgehead atoms. The van der Waals surface area contributed by atoms with E-state index in [1.807, 2.05) is 18.0 Å². The van der Waals surface area contributed by atoms with Crippen molar-refractivity contribution in [2.24, 2.45) is 0 Å². The average molecular weight is 360 g/mol. The van der Waals surface area contributed by atoms with E-state index in [9.17, 15) is 9.59 Å². The third-order valence-corrected chi connectivity index (χ3v) is 6.21. The van der Waals surface area contributed by atoms with E-state index in [1.54, 1.807) is 6.07 Å². The monoisotopic (exact) mass is 360 g/mol. The van der Waals surface area contributed by atoms with Crippen molar-refractivity contribution in [1.29, 1.82) is 0 Å². The van der Waals surface area contributed by atoms with E-state index in [4.69, 9.17) is 4.42 Å². The number of piperazine rings is 1. The molecule has 142 valence electrons. The van der Waals surface area contributed by atoms with Gasteiger partial charge in [0.15, 0.2) is 5.76 Å². The Morgan fingerprint density at radius 3 is 2.58 bits per heavy atom. The molecular formula is C19H28N4O3. The van der Waals surface area contributed by atoms with Crippen LogP contribution in [0.5, 0.6) is 0 Å². The fourth-order valence-corrected chi connectivity index (χ4v) is 4.47. The Bertz CT molecular complexity index is 672. The summed E-state index contributed by atoms with van der Waals surface area (Å²) in [5, 5.41) is 2.98. The van der Waals surface area contributed by atoms with E-state index in [2.05, 4.69) is 15.1 Å². The standard InChI is InChI=1S/C19H28N4O3/c1-21-13-8-20-18(25)19(21)6-11-23(12-7-19)17(24)16-5-4-15(26-16)14-22-9-2-3-10-22/h4-5H,2-3,6-14H2,1H3,(H,20,25). The molecule has 26 heavy (non-hydrogen) atoms. The van der Waals surface area contributed by atoms with Crippen molar-refractivity contribution in [2.75, 3.05) is 46.3 Å². The predicted octanol–water partition coefficient (Wildman–Crippen LogP) is 0.912. The maximum atomic E-state index is 12.8. The molecule has 2 amide bonds. The maximum Gasteiger partial charge on any atom is 0.289 e. The zero-order chi connectivity index (χ0) is 18.1. The molecule has 4 rings (SSSR count). The van der Waals surface area contributed by atoms with Gasteiger partial charge in [-0.2, -0.15) is 0 Å². The summed E-state index contributed by atoms with van der Waals surface area (Å²) in [4.78, 5) is 31.5. The molecule has 3 fully saturated rings. The minimum Gasteiger partial charge on any atom is -0.455 e. The SMILES string of the molecule is CN1CCNC(=O)C12CCN(C(=O)c1ccc(CN3CCCC3)o1)CC2. The molecule has 3 saturated heterocycles. The van der Waals surface area contributed by atoms with Gasteiger partial charge in [0, 0.05) is 26.2 Å². The molecular weight excluding hydrogens is 332 g/mol. The van der Waals surface area contributed by atoms with Crippen LogP contribution in [0.3, 0.4) is 0 Å². The van der Waals surface area contributed by atoms with Gasteiger partial charge in [0.1, 0.15) is 11.3 Å². The number of hydrogen-bond donors (Lipinski definition) is 1. The summed E-state index contributed by atoms with van der Waals surface area (Å²) in [6.45, 7) is 5.71. The number of nitrogens with one attached hydrogen (secondary N) is 1. The first kappa shape index (κ1) is 17.5. The summed E-state index contributed by atoms with van der Waals surface area (Å²) in [5.74, 6) is 1.31. The normalized spacial score (nSPS) is 24.2. The van der Waals surface area contributed by atoms with Gasteiger partial charge in [-0.3, -0.25) is 19.4 Å². The second-order valence-corrected chi connectivity index (χ2v) is 7.75. The molecule has 1 N–H and O–H groups in total. The molecule has 7 heteroatoms. The minimum atomic E-state index is -0.459. The molecule has 3 aliphatic heterocycles. The van der Waals surface area contributed by atoms with Gasteiger partial charge in [-0.1, -0.05) is 0 Å². The van der Waals surface area contributed by atoms with Crippen LogP contribution in [0.2, 0.25) is 0 Å². The highest BCUT2D eigenvalue weighted by Crippen LogP contribution is 2.30. The highest BCUT2D eigenvalue weighted by molar-refractivity contribution is 5.92. The first-order valence-corrected chi connectivity index (χ1v) is 9.68. The molecule has 0 saturated carbocycles. The van der Waals surface area contributed by atoms with Crippen molar-refractivity contribution < 1.29 is 14.0 Å². The van der Waals surface area contributed by atoms with Crippen molar-refractivity contribution in [3.05, 3.63) is 23.7 Å². The first-order chi connectivity index (χ1) is 12.6. The molecule has 1 spiro atoms. The number of carbonyl (C=O) groups is 2. The van der Waals surface area contributed by atoms with Crippen LogP contribution in [0.15, 0.2) is 16.5 Å². The summed E-state index contributed by atoms with van der Waals surface area (Å²) >= 11 is 0. The number of nitrogens with zero attached hydrogens (tertiary/aromatic N) is 3. The smallest absolute Gasteiger partial charge is 0.289 e. The fourth-order valence-electron chi connectivity index (χ4n) is 4.47. The number of likely N-dealkylation sites (tertiary alicyclic amines) is 2. The van der Waals surface area contributed by atoms with Gasteiger partial charge in [-0.25, -0.2) is 0 Å². The molecule has 4 heterocycles. The van der Waals surface area contributed by atoms with Gasteiger partial charge in [0.25, 0.3) is 5.91 Å². The zero-order valence-electron chi connectivity index (χ0n) is 15.5. The lowest BCUT2D eigenvalue weighted by atomic mass is 9.83. The Kier molecular flexibility index (Phi) is 4.75. The average Bonchev–Trinajstić information content (AvgIpc) is 3.32. The highest BCUT2D eigenvalue weighted by atomic mass is 16.4. The lowest BCUT2D eigenvalue weighted by Gasteiger charge is -2.48. The summed E-state index contributed by atoms with van der Waals surface area (Å²) in [5.41, 5.74) is -0.459. The van der Waals surface area contributed by atoms with Crippen molar-refractivity contribution in [3.63, 3.8) is 0 Å². The van der Waals surface area contributed by atoms with Crippen molar-refractivity contribution >= 4 is 11.8 Å². The van der Waals surface area contributed by atoms with Gasteiger partial charge < -0.3 is 14.6 Å². The van der Waals surface area contributed by atoms with Crippen LogP contribution in [0.4, 0.5) is 0 Å². The number of furan rings is 1. The molecule has 0 aliphatic carbocycles. The number of hydrogen-bond acceptors (Lipinski definition) is 5. The van der Waals surface area contributed by atoms with E-state index < -0.39 is 5.54 Å². The van der Waals surface area contributed by atoms with Crippen LogP contribution < -0.4 is 5.32 Å². The van der Waals surface area contributed by atoms with Crippen molar-refractivity contribution in [1.82, 2.24) is 20.0 Å². The van der Waals surface area contributed by atoms with Crippen molar-refractivity contribution in [2.45, 2.75) is 37.8 Å². The minimum absolute atomic E-state index is 0.0635. The lowest BCUT2D eigenvalue weighted by molar-refractivity contribution is -0.139. The molecule has 7 nitrogen and oxygen atoms in total. The number of amides is 2. The molecule has 0 radical (unpaired) electrons. The molecule has 0 atom stereocenters. The number of rotatable bonds is 3.